The number of aliphatic carboxylic acids is 1. The van der Waals surface area contributed by atoms with Crippen molar-refractivity contribution in [2.45, 2.75) is 23.0 Å². The minimum absolute atomic E-state index is 0.0427. The van der Waals surface area contributed by atoms with Crippen LogP contribution in [0, 0.1) is 18.2 Å². The molecule has 0 aliphatic heterocycles. The molecule has 0 spiro atoms. The van der Waals surface area contributed by atoms with E-state index in [1.54, 1.807) is 12.1 Å². The van der Waals surface area contributed by atoms with Crippen LogP contribution in [0.2, 0.25) is 0 Å². The smallest absolute Gasteiger partial charge is 0.312 e. The van der Waals surface area contributed by atoms with E-state index in [2.05, 4.69) is 0 Å². The van der Waals surface area contributed by atoms with Gasteiger partial charge in [-0.1, -0.05) is 29.8 Å². The second-order valence-corrected chi connectivity index (χ2v) is 8.43. The first-order valence-electron chi connectivity index (χ1n) is 7.74. The molecule has 5 nitrogen and oxygen atoms in total. The molecule has 0 aromatic heterocycles. The molecule has 0 radical (unpaired) electrons. The van der Waals surface area contributed by atoms with Crippen molar-refractivity contribution in [3.8, 4) is 0 Å². The third-order valence-corrected chi connectivity index (χ3v) is 7.17. The standard InChI is InChI=1S/C18H18FNO4S/c1-11-5-7-14(8-6-11)25(23,24)16-15(18(16,10-20)17(21)22)12-3-2-4-13(19)9-12/h2-9,15-16H,10,20H2,1H3,(H,21,22)/t15-,16+,18+/m0/s1. The van der Waals surface area contributed by atoms with Crippen molar-refractivity contribution in [1.82, 2.24) is 0 Å². The van der Waals surface area contributed by atoms with Gasteiger partial charge in [0.25, 0.3) is 0 Å². The first-order valence-corrected chi connectivity index (χ1v) is 9.29. The van der Waals surface area contributed by atoms with Gasteiger partial charge in [0.2, 0.25) is 0 Å². The number of hydrogen-bond donors (Lipinski definition) is 2. The lowest BCUT2D eigenvalue weighted by Gasteiger charge is -2.10. The van der Waals surface area contributed by atoms with E-state index in [-0.39, 0.29) is 11.4 Å². The number of benzene rings is 2. The molecule has 7 heteroatoms. The third kappa shape index (κ3) is 2.63. The van der Waals surface area contributed by atoms with Gasteiger partial charge in [0.1, 0.15) is 11.2 Å². The lowest BCUT2D eigenvalue weighted by atomic mass is 9.99. The summed E-state index contributed by atoms with van der Waals surface area (Å²) in [5.74, 6) is -2.73. The predicted molar refractivity (Wildman–Crippen MR) is 90.4 cm³/mol. The lowest BCUT2D eigenvalue weighted by Crippen LogP contribution is -2.31. The maximum Gasteiger partial charge on any atom is 0.312 e. The van der Waals surface area contributed by atoms with Gasteiger partial charge in [-0.15, -0.1) is 0 Å². The fraction of sp³-hybridized carbons (Fsp3) is 0.278. The lowest BCUT2D eigenvalue weighted by molar-refractivity contribution is -0.143. The van der Waals surface area contributed by atoms with Crippen LogP contribution < -0.4 is 5.73 Å². The largest absolute Gasteiger partial charge is 0.481 e. The Kier molecular flexibility index (Phi) is 4.17. The molecular weight excluding hydrogens is 345 g/mol. The molecule has 0 bridgehead atoms. The van der Waals surface area contributed by atoms with Gasteiger partial charge < -0.3 is 10.8 Å². The zero-order chi connectivity index (χ0) is 18.4. The Morgan fingerprint density at radius 1 is 1.24 bits per heavy atom. The van der Waals surface area contributed by atoms with Gasteiger partial charge in [-0.3, -0.25) is 4.79 Å². The van der Waals surface area contributed by atoms with E-state index in [4.69, 9.17) is 5.73 Å². The van der Waals surface area contributed by atoms with Gasteiger partial charge in [-0.05, 0) is 36.8 Å². The van der Waals surface area contributed by atoms with Gasteiger partial charge >= 0.3 is 5.97 Å². The normalized spacial score (nSPS) is 25.6. The molecule has 2 aromatic rings. The highest BCUT2D eigenvalue weighted by molar-refractivity contribution is 7.92. The topological polar surface area (TPSA) is 97.5 Å². The van der Waals surface area contributed by atoms with Crippen LogP contribution in [0.15, 0.2) is 53.4 Å². The average molecular weight is 363 g/mol. The minimum atomic E-state index is -3.94. The summed E-state index contributed by atoms with van der Waals surface area (Å²) in [6.07, 6.45) is 0. The molecule has 3 atom stereocenters. The first kappa shape index (κ1) is 17.6. The van der Waals surface area contributed by atoms with E-state index in [0.29, 0.717) is 5.56 Å². The van der Waals surface area contributed by atoms with Crippen LogP contribution in [0.5, 0.6) is 0 Å². The number of sulfone groups is 1. The average Bonchev–Trinajstić information content (AvgIpc) is 3.27. The van der Waals surface area contributed by atoms with E-state index in [9.17, 15) is 22.7 Å². The fourth-order valence-electron chi connectivity index (χ4n) is 3.49. The van der Waals surface area contributed by atoms with E-state index < -0.39 is 38.2 Å². The minimum Gasteiger partial charge on any atom is -0.481 e. The Hall–Kier alpha value is -2.25. The summed E-state index contributed by atoms with van der Waals surface area (Å²) in [6, 6.07) is 11.6. The summed E-state index contributed by atoms with van der Waals surface area (Å²) in [4.78, 5) is 11.9. The molecule has 1 aliphatic rings. The Balaban J connectivity index is 2.12. The molecule has 132 valence electrons. The van der Waals surface area contributed by atoms with Crippen LogP contribution >= 0.6 is 0 Å². The Morgan fingerprint density at radius 2 is 1.88 bits per heavy atom. The van der Waals surface area contributed by atoms with Crippen molar-refractivity contribution in [3.05, 3.63) is 65.5 Å². The molecule has 2 aromatic carbocycles. The summed E-state index contributed by atoms with van der Waals surface area (Å²) in [5, 5.41) is 8.46. The van der Waals surface area contributed by atoms with E-state index >= 15 is 0 Å². The number of nitrogens with two attached hydrogens (primary N) is 1. The summed E-state index contributed by atoms with van der Waals surface area (Å²) in [7, 11) is -3.94. The molecule has 1 aliphatic carbocycles. The van der Waals surface area contributed by atoms with Crippen molar-refractivity contribution in [1.29, 1.82) is 0 Å². The molecule has 0 heterocycles. The zero-order valence-electron chi connectivity index (χ0n) is 13.5. The second-order valence-electron chi connectivity index (χ2n) is 6.36. The van der Waals surface area contributed by atoms with Crippen molar-refractivity contribution in [3.63, 3.8) is 0 Å². The van der Waals surface area contributed by atoms with Crippen LogP contribution in [-0.2, 0) is 14.6 Å². The maximum absolute atomic E-state index is 13.6. The van der Waals surface area contributed by atoms with Crippen LogP contribution in [-0.4, -0.2) is 31.3 Å². The van der Waals surface area contributed by atoms with Gasteiger partial charge in [0, 0.05) is 12.5 Å². The van der Waals surface area contributed by atoms with Crippen molar-refractivity contribution >= 4 is 15.8 Å². The first-order chi connectivity index (χ1) is 11.7. The molecular formula is C18H18FNO4S. The number of hydrogen-bond acceptors (Lipinski definition) is 4. The third-order valence-electron chi connectivity index (χ3n) is 4.88. The molecule has 0 saturated heterocycles. The van der Waals surface area contributed by atoms with Crippen molar-refractivity contribution in [2.75, 3.05) is 6.54 Å². The predicted octanol–water partition coefficient (Wildman–Crippen LogP) is 2.10. The Bertz CT molecular complexity index is 926. The molecule has 0 amide bonds. The quantitative estimate of drug-likeness (QED) is 0.848. The Labute approximate surface area is 145 Å². The summed E-state index contributed by atoms with van der Waals surface area (Å²) >= 11 is 0. The molecule has 25 heavy (non-hydrogen) atoms. The van der Waals surface area contributed by atoms with Crippen molar-refractivity contribution in [2.24, 2.45) is 11.1 Å². The SMILES string of the molecule is Cc1ccc(S(=O)(=O)[C@@H]2[C@H](c3cccc(F)c3)[C@@]2(CN)C(=O)O)cc1. The summed E-state index contributed by atoms with van der Waals surface area (Å²) in [6.45, 7) is 1.48. The molecule has 1 fully saturated rings. The van der Waals surface area contributed by atoms with Crippen LogP contribution in [0.4, 0.5) is 4.39 Å². The number of rotatable bonds is 5. The second kappa shape index (κ2) is 5.93. The van der Waals surface area contributed by atoms with Crippen molar-refractivity contribution < 1.29 is 22.7 Å². The zero-order valence-corrected chi connectivity index (χ0v) is 14.3. The maximum atomic E-state index is 13.6. The van der Waals surface area contributed by atoms with Gasteiger partial charge in [0.15, 0.2) is 9.84 Å². The monoisotopic (exact) mass is 363 g/mol. The van der Waals surface area contributed by atoms with Gasteiger partial charge in [-0.2, -0.15) is 0 Å². The van der Waals surface area contributed by atoms with Crippen LogP contribution in [0.25, 0.3) is 0 Å². The van der Waals surface area contributed by atoms with Crippen LogP contribution in [0.3, 0.4) is 0 Å². The molecule has 1 saturated carbocycles. The summed E-state index contributed by atoms with van der Waals surface area (Å²) in [5.41, 5.74) is 5.25. The summed E-state index contributed by atoms with van der Waals surface area (Å²) < 4.78 is 39.7. The van der Waals surface area contributed by atoms with Crippen LogP contribution in [0.1, 0.15) is 17.0 Å². The van der Waals surface area contributed by atoms with Gasteiger partial charge in [0.05, 0.1) is 10.1 Å². The number of carboxylic acid groups (broad SMARTS) is 1. The molecule has 0 unspecified atom stereocenters. The molecule has 3 N–H and O–H groups in total. The number of aryl methyl sites for hydroxylation is 1. The van der Waals surface area contributed by atoms with E-state index in [0.717, 1.165) is 5.56 Å². The highest BCUT2D eigenvalue weighted by Gasteiger charge is 2.75. The Morgan fingerprint density at radius 3 is 2.40 bits per heavy atom. The van der Waals surface area contributed by atoms with E-state index in [1.807, 2.05) is 6.92 Å². The number of carbonyl (C=O) groups is 1. The highest BCUT2D eigenvalue weighted by atomic mass is 32.2. The van der Waals surface area contributed by atoms with Gasteiger partial charge in [-0.25, -0.2) is 12.8 Å². The number of halogens is 1. The fourth-order valence-corrected chi connectivity index (χ4v) is 5.88. The number of carboxylic acids is 1. The van der Waals surface area contributed by atoms with E-state index in [1.165, 1.54) is 36.4 Å². The molecule has 3 rings (SSSR count). The highest BCUT2D eigenvalue weighted by Crippen LogP contribution is 2.63.